The van der Waals surface area contributed by atoms with Gasteiger partial charge in [-0.2, -0.15) is 0 Å². The summed E-state index contributed by atoms with van der Waals surface area (Å²) >= 11 is 0. The van der Waals surface area contributed by atoms with Crippen LogP contribution in [0.3, 0.4) is 0 Å². The Labute approximate surface area is 195 Å². The smallest absolute Gasteiger partial charge is 0.222 e. The predicted molar refractivity (Wildman–Crippen MR) is 136 cm³/mol. The van der Waals surface area contributed by atoms with Gasteiger partial charge in [0.1, 0.15) is 0 Å². The first-order valence-corrected chi connectivity index (χ1v) is 13.1. The van der Waals surface area contributed by atoms with Crippen LogP contribution in [0.25, 0.3) is 0 Å². The van der Waals surface area contributed by atoms with Crippen LogP contribution in [0.4, 0.5) is 0 Å². The Balaban J connectivity index is 0. The van der Waals surface area contributed by atoms with E-state index in [4.69, 9.17) is 9.47 Å². The molecule has 0 aromatic heterocycles. The number of carbonyl (C=O) groups is 1. The van der Waals surface area contributed by atoms with Crippen molar-refractivity contribution >= 4 is 5.91 Å². The van der Waals surface area contributed by atoms with Gasteiger partial charge in [0.2, 0.25) is 5.91 Å². The van der Waals surface area contributed by atoms with E-state index in [-0.39, 0.29) is 5.91 Å². The van der Waals surface area contributed by atoms with Crippen molar-refractivity contribution in [1.82, 2.24) is 4.90 Å². The van der Waals surface area contributed by atoms with Gasteiger partial charge in [-0.05, 0) is 62.7 Å². The Kier molecular flexibility index (Phi) is 25.3. The van der Waals surface area contributed by atoms with E-state index in [1.165, 1.54) is 44.9 Å². The molecule has 31 heavy (non-hydrogen) atoms. The standard InChI is InChI=1S/C15H31NO2.C12H26O/c1-5-15(17)16(4)11-7-9-13-18-12-8-6-10-14(2)3;1-11(2)7-5-9-13-10-6-8-12(3)4/h14H,5-13H2,1-4H3;11-12H,5-10H2,1-4H3. The third-order valence-corrected chi connectivity index (χ3v) is 5.22. The van der Waals surface area contributed by atoms with Crippen molar-refractivity contribution in [1.29, 1.82) is 0 Å². The minimum atomic E-state index is 0.226. The third kappa shape index (κ3) is 29.4. The highest BCUT2D eigenvalue weighted by atomic mass is 16.5. The maximum atomic E-state index is 11.3. The number of rotatable bonds is 19. The summed E-state index contributed by atoms with van der Waals surface area (Å²) in [6.45, 7) is 19.9. The number of amides is 1. The molecular formula is C27H57NO3. The maximum Gasteiger partial charge on any atom is 0.222 e. The Morgan fingerprint density at radius 1 is 0.645 bits per heavy atom. The van der Waals surface area contributed by atoms with Gasteiger partial charge in [-0.1, -0.05) is 61.3 Å². The molecule has 0 aliphatic heterocycles. The number of hydrogen-bond donors (Lipinski definition) is 0. The Hall–Kier alpha value is -0.610. The molecule has 0 fully saturated rings. The summed E-state index contributed by atoms with van der Waals surface area (Å²) in [5.74, 6) is 2.67. The van der Waals surface area contributed by atoms with Crippen molar-refractivity contribution in [3.63, 3.8) is 0 Å². The summed E-state index contributed by atoms with van der Waals surface area (Å²) in [6, 6.07) is 0. The molecule has 0 rings (SSSR count). The second kappa shape index (κ2) is 24.0. The molecule has 4 nitrogen and oxygen atoms in total. The van der Waals surface area contributed by atoms with Crippen LogP contribution in [0.5, 0.6) is 0 Å². The summed E-state index contributed by atoms with van der Waals surface area (Å²) in [6.07, 6.45) is 11.5. The van der Waals surface area contributed by atoms with Gasteiger partial charge in [0.15, 0.2) is 0 Å². The van der Waals surface area contributed by atoms with Crippen molar-refractivity contribution in [3.05, 3.63) is 0 Å². The monoisotopic (exact) mass is 443 g/mol. The molecule has 0 aromatic carbocycles. The highest BCUT2D eigenvalue weighted by molar-refractivity contribution is 5.75. The van der Waals surface area contributed by atoms with Crippen LogP contribution in [0, 0.1) is 17.8 Å². The lowest BCUT2D eigenvalue weighted by atomic mass is 10.1. The van der Waals surface area contributed by atoms with Gasteiger partial charge in [-0.3, -0.25) is 4.79 Å². The van der Waals surface area contributed by atoms with Gasteiger partial charge in [0.05, 0.1) is 0 Å². The average Bonchev–Trinajstić information content (AvgIpc) is 2.70. The minimum Gasteiger partial charge on any atom is -0.381 e. The summed E-state index contributed by atoms with van der Waals surface area (Å²) in [7, 11) is 1.87. The second-order valence-corrected chi connectivity index (χ2v) is 10.1. The normalized spacial score (nSPS) is 11.2. The van der Waals surface area contributed by atoms with Gasteiger partial charge < -0.3 is 14.4 Å². The molecule has 0 aliphatic carbocycles. The van der Waals surface area contributed by atoms with Crippen LogP contribution in [0.1, 0.15) is 113 Å². The summed E-state index contributed by atoms with van der Waals surface area (Å²) in [5, 5.41) is 0. The van der Waals surface area contributed by atoms with Crippen LogP contribution in [-0.4, -0.2) is 50.8 Å². The molecular weight excluding hydrogens is 386 g/mol. The zero-order valence-electron chi connectivity index (χ0n) is 22.5. The van der Waals surface area contributed by atoms with Gasteiger partial charge in [-0.15, -0.1) is 0 Å². The fourth-order valence-corrected chi connectivity index (χ4v) is 3.10. The lowest BCUT2D eigenvalue weighted by Crippen LogP contribution is -2.26. The van der Waals surface area contributed by atoms with Crippen molar-refractivity contribution in [2.24, 2.45) is 17.8 Å². The zero-order chi connectivity index (χ0) is 23.9. The molecule has 0 N–H and O–H groups in total. The van der Waals surface area contributed by atoms with E-state index < -0.39 is 0 Å². The van der Waals surface area contributed by atoms with Gasteiger partial charge in [-0.25, -0.2) is 0 Å². The lowest BCUT2D eigenvalue weighted by molar-refractivity contribution is -0.129. The third-order valence-electron chi connectivity index (χ3n) is 5.22. The van der Waals surface area contributed by atoms with Crippen LogP contribution in [-0.2, 0) is 14.3 Å². The lowest BCUT2D eigenvalue weighted by Gasteiger charge is -2.15. The van der Waals surface area contributed by atoms with Crippen molar-refractivity contribution in [3.8, 4) is 0 Å². The Bertz CT molecular complexity index is 357. The molecule has 0 saturated heterocycles. The van der Waals surface area contributed by atoms with Crippen LogP contribution < -0.4 is 0 Å². The zero-order valence-corrected chi connectivity index (χ0v) is 22.5. The molecule has 0 aliphatic rings. The summed E-state index contributed by atoms with van der Waals surface area (Å²) in [5.41, 5.74) is 0. The van der Waals surface area contributed by atoms with Crippen molar-refractivity contribution in [2.75, 3.05) is 40.0 Å². The van der Waals surface area contributed by atoms with E-state index in [2.05, 4.69) is 41.5 Å². The Morgan fingerprint density at radius 3 is 1.45 bits per heavy atom. The molecule has 0 saturated carbocycles. The largest absolute Gasteiger partial charge is 0.381 e. The number of carbonyl (C=O) groups excluding carboxylic acids is 1. The number of nitrogens with zero attached hydrogens (tertiary/aromatic N) is 1. The fraction of sp³-hybridized carbons (Fsp3) is 0.963. The number of hydrogen-bond acceptors (Lipinski definition) is 3. The molecule has 0 heterocycles. The first-order chi connectivity index (χ1) is 14.7. The second-order valence-electron chi connectivity index (χ2n) is 10.1. The Morgan fingerprint density at radius 2 is 1.03 bits per heavy atom. The number of ether oxygens (including phenoxy) is 2. The molecule has 0 unspecified atom stereocenters. The van der Waals surface area contributed by atoms with Gasteiger partial charge in [0.25, 0.3) is 0 Å². The highest BCUT2D eigenvalue weighted by Gasteiger charge is 2.04. The van der Waals surface area contributed by atoms with Crippen LogP contribution in [0.2, 0.25) is 0 Å². The van der Waals surface area contributed by atoms with Gasteiger partial charge >= 0.3 is 0 Å². The van der Waals surface area contributed by atoms with E-state index in [0.717, 1.165) is 63.6 Å². The number of unbranched alkanes of at least 4 members (excludes halogenated alkanes) is 2. The van der Waals surface area contributed by atoms with Crippen molar-refractivity contribution < 1.29 is 14.3 Å². The first kappa shape index (κ1) is 32.6. The van der Waals surface area contributed by atoms with E-state index in [1.807, 2.05) is 18.9 Å². The van der Waals surface area contributed by atoms with Gasteiger partial charge in [0, 0.05) is 46.4 Å². The van der Waals surface area contributed by atoms with Crippen molar-refractivity contribution in [2.45, 2.75) is 113 Å². The minimum absolute atomic E-state index is 0.226. The first-order valence-electron chi connectivity index (χ1n) is 13.1. The van der Waals surface area contributed by atoms with E-state index in [0.29, 0.717) is 6.42 Å². The van der Waals surface area contributed by atoms with E-state index in [9.17, 15) is 4.79 Å². The molecule has 188 valence electrons. The molecule has 0 spiro atoms. The molecule has 0 atom stereocenters. The maximum absolute atomic E-state index is 11.3. The van der Waals surface area contributed by atoms with E-state index in [1.54, 1.807) is 0 Å². The molecule has 0 radical (unpaired) electrons. The SMILES string of the molecule is CC(C)CCCOCCCC(C)C.CCC(=O)N(C)CCCCOCCCCC(C)C. The predicted octanol–water partition coefficient (Wildman–Crippen LogP) is 7.35. The average molecular weight is 444 g/mol. The summed E-state index contributed by atoms with van der Waals surface area (Å²) < 4.78 is 11.1. The molecule has 4 heteroatoms. The van der Waals surface area contributed by atoms with Crippen LogP contribution >= 0.6 is 0 Å². The van der Waals surface area contributed by atoms with E-state index >= 15 is 0 Å². The fourth-order valence-electron chi connectivity index (χ4n) is 3.10. The highest BCUT2D eigenvalue weighted by Crippen LogP contribution is 2.07. The quantitative estimate of drug-likeness (QED) is 0.196. The summed E-state index contributed by atoms with van der Waals surface area (Å²) in [4.78, 5) is 13.1. The molecule has 1 amide bonds. The van der Waals surface area contributed by atoms with Crippen LogP contribution in [0.15, 0.2) is 0 Å². The topological polar surface area (TPSA) is 38.8 Å². The molecule has 0 bridgehead atoms. The molecule has 0 aromatic rings.